The van der Waals surface area contributed by atoms with Gasteiger partial charge in [-0.25, -0.2) is 0 Å². The number of aromatic nitrogens is 3. The minimum Gasteiger partial charge on any atom is -0.324 e. The summed E-state index contributed by atoms with van der Waals surface area (Å²) in [6.07, 6.45) is -4.59. The Hall–Kier alpha value is -1.74. The second-order valence-electron chi connectivity index (χ2n) is 4.59. The molecule has 1 amide bonds. The molecule has 23 heavy (non-hydrogen) atoms. The normalized spacial score (nSPS) is 13.0. The third-order valence-corrected chi connectivity index (χ3v) is 4.34. The van der Waals surface area contributed by atoms with Crippen LogP contribution >= 0.6 is 23.4 Å². The maximum absolute atomic E-state index is 12.7. The molecule has 0 bridgehead atoms. The molecular formula is C13H12ClF3N4OS. The van der Waals surface area contributed by atoms with E-state index >= 15 is 0 Å². The lowest BCUT2D eigenvalue weighted by atomic mass is 10.3. The average molecular weight is 365 g/mol. The highest BCUT2D eigenvalue weighted by Gasteiger charge is 2.37. The molecule has 1 aromatic heterocycles. The molecule has 0 aliphatic heterocycles. The smallest absolute Gasteiger partial charge is 0.324 e. The first-order valence-electron chi connectivity index (χ1n) is 6.38. The van der Waals surface area contributed by atoms with Crippen molar-refractivity contribution in [2.45, 2.75) is 23.5 Å². The molecule has 0 spiro atoms. The van der Waals surface area contributed by atoms with Crippen molar-refractivity contribution in [2.75, 3.05) is 5.32 Å². The Labute approximate surface area is 139 Å². The number of carbonyl (C=O) groups excluding carboxylic acids is 1. The van der Waals surface area contributed by atoms with Crippen LogP contribution in [0.4, 0.5) is 18.9 Å². The summed E-state index contributed by atoms with van der Waals surface area (Å²) in [7, 11) is 1.20. The topological polar surface area (TPSA) is 59.8 Å². The van der Waals surface area contributed by atoms with Crippen LogP contribution in [0.5, 0.6) is 0 Å². The first-order chi connectivity index (χ1) is 10.7. The molecule has 2 aromatic rings. The van der Waals surface area contributed by atoms with Crippen LogP contribution in [0.15, 0.2) is 29.4 Å². The van der Waals surface area contributed by atoms with E-state index in [0.29, 0.717) is 10.7 Å². The molecular weight excluding hydrogens is 353 g/mol. The summed E-state index contributed by atoms with van der Waals surface area (Å²) in [4.78, 5) is 12.1. The van der Waals surface area contributed by atoms with E-state index in [-0.39, 0.29) is 5.16 Å². The van der Waals surface area contributed by atoms with E-state index < -0.39 is 23.2 Å². The molecule has 1 atom stereocenters. The van der Waals surface area contributed by atoms with Crippen molar-refractivity contribution < 1.29 is 18.0 Å². The molecule has 2 rings (SSSR count). The van der Waals surface area contributed by atoms with E-state index in [4.69, 9.17) is 11.6 Å². The molecule has 0 aliphatic carbocycles. The number of halogens is 4. The number of alkyl halides is 3. The number of hydrogen-bond acceptors (Lipinski definition) is 4. The Balaban J connectivity index is 2.07. The van der Waals surface area contributed by atoms with E-state index in [2.05, 4.69) is 15.5 Å². The Morgan fingerprint density at radius 1 is 1.35 bits per heavy atom. The molecule has 0 saturated heterocycles. The van der Waals surface area contributed by atoms with Gasteiger partial charge in [0, 0.05) is 7.05 Å². The van der Waals surface area contributed by atoms with Gasteiger partial charge in [-0.05, 0) is 19.1 Å². The lowest BCUT2D eigenvalue weighted by molar-refractivity contribution is -0.147. The molecule has 124 valence electrons. The fourth-order valence-corrected chi connectivity index (χ4v) is 2.67. The Bertz CT molecular complexity index is 719. The second-order valence-corrected chi connectivity index (χ2v) is 6.31. The van der Waals surface area contributed by atoms with Gasteiger partial charge in [0.25, 0.3) is 0 Å². The summed E-state index contributed by atoms with van der Waals surface area (Å²) >= 11 is 6.81. The Kier molecular flexibility index (Phi) is 5.20. The number of thioether (sulfide) groups is 1. The van der Waals surface area contributed by atoms with E-state index in [1.165, 1.54) is 7.05 Å². The zero-order valence-corrected chi connectivity index (χ0v) is 13.6. The van der Waals surface area contributed by atoms with E-state index in [1.54, 1.807) is 31.2 Å². The summed E-state index contributed by atoms with van der Waals surface area (Å²) in [5, 5.41) is 8.89. The monoisotopic (exact) mass is 364 g/mol. The van der Waals surface area contributed by atoms with Crippen molar-refractivity contribution in [1.29, 1.82) is 0 Å². The molecule has 10 heteroatoms. The van der Waals surface area contributed by atoms with Crippen LogP contribution in [0, 0.1) is 0 Å². The van der Waals surface area contributed by atoms with E-state index in [1.807, 2.05) is 0 Å². The summed E-state index contributed by atoms with van der Waals surface area (Å²) in [6.45, 7) is 1.55. The number of amides is 1. The van der Waals surface area contributed by atoms with Gasteiger partial charge in [-0.15, -0.1) is 10.2 Å². The van der Waals surface area contributed by atoms with Crippen molar-refractivity contribution in [2.24, 2.45) is 7.05 Å². The van der Waals surface area contributed by atoms with Crippen molar-refractivity contribution in [3.8, 4) is 0 Å². The van der Waals surface area contributed by atoms with Crippen molar-refractivity contribution in [3.63, 3.8) is 0 Å². The van der Waals surface area contributed by atoms with Crippen LogP contribution in [0.3, 0.4) is 0 Å². The zero-order valence-electron chi connectivity index (χ0n) is 12.1. The van der Waals surface area contributed by atoms with Gasteiger partial charge in [-0.2, -0.15) is 13.2 Å². The maximum atomic E-state index is 12.7. The molecule has 0 aliphatic rings. The molecule has 0 radical (unpaired) electrons. The highest BCUT2D eigenvalue weighted by atomic mass is 35.5. The van der Waals surface area contributed by atoms with Crippen LogP contribution in [0.2, 0.25) is 5.02 Å². The predicted molar refractivity (Wildman–Crippen MR) is 81.4 cm³/mol. The summed E-state index contributed by atoms with van der Waals surface area (Å²) in [5.74, 6) is -1.52. The van der Waals surface area contributed by atoms with Crippen LogP contribution in [0.25, 0.3) is 0 Å². The van der Waals surface area contributed by atoms with Crippen molar-refractivity contribution in [1.82, 2.24) is 14.8 Å². The van der Waals surface area contributed by atoms with Gasteiger partial charge in [0.1, 0.15) is 0 Å². The number of carbonyl (C=O) groups is 1. The molecule has 1 heterocycles. The highest BCUT2D eigenvalue weighted by Crippen LogP contribution is 2.31. The standard InChI is InChI=1S/C13H12ClF3N4OS/c1-7(10(22)18-9-6-4-3-5-8(9)14)23-12-20-19-11(21(12)2)13(15,16)17/h3-7H,1-2H3,(H,18,22)/t7-/m0/s1. The van der Waals surface area contributed by atoms with Crippen molar-refractivity contribution >= 4 is 35.0 Å². The molecule has 1 aromatic carbocycles. The summed E-state index contributed by atoms with van der Waals surface area (Å²) in [6, 6.07) is 6.67. The fraction of sp³-hybridized carbons (Fsp3) is 0.308. The molecule has 0 fully saturated rings. The minimum absolute atomic E-state index is 0.000802. The van der Waals surface area contributed by atoms with Crippen LogP contribution in [-0.2, 0) is 18.0 Å². The third kappa shape index (κ3) is 4.17. The van der Waals surface area contributed by atoms with Gasteiger partial charge in [-0.3, -0.25) is 4.79 Å². The molecule has 5 nitrogen and oxygen atoms in total. The van der Waals surface area contributed by atoms with Crippen molar-refractivity contribution in [3.05, 3.63) is 35.1 Å². The second kappa shape index (κ2) is 6.79. The molecule has 1 N–H and O–H groups in total. The highest BCUT2D eigenvalue weighted by molar-refractivity contribution is 8.00. The SMILES string of the molecule is C[C@H](Sc1nnc(C(F)(F)F)n1C)C(=O)Nc1ccccc1Cl. The van der Waals surface area contributed by atoms with Crippen LogP contribution in [0.1, 0.15) is 12.7 Å². The quantitative estimate of drug-likeness (QED) is 0.842. The molecule has 0 saturated carbocycles. The lowest BCUT2D eigenvalue weighted by Crippen LogP contribution is -2.23. The number of benzene rings is 1. The van der Waals surface area contributed by atoms with Crippen LogP contribution in [-0.4, -0.2) is 25.9 Å². The van der Waals surface area contributed by atoms with Gasteiger partial charge in [0.05, 0.1) is 16.0 Å². The number of anilines is 1. The Morgan fingerprint density at radius 2 is 2.00 bits per heavy atom. The number of para-hydroxylation sites is 1. The Morgan fingerprint density at radius 3 is 2.57 bits per heavy atom. The molecule has 0 unspecified atom stereocenters. The van der Waals surface area contributed by atoms with Gasteiger partial charge in [-0.1, -0.05) is 35.5 Å². The minimum atomic E-state index is -4.59. The summed E-state index contributed by atoms with van der Waals surface area (Å²) < 4.78 is 38.8. The number of hydrogen-bond donors (Lipinski definition) is 1. The average Bonchev–Trinajstić information content (AvgIpc) is 2.82. The number of rotatable bonds is 4. The van der Waals surface area contributed by atoms with Gasteiger partial charge in [0.2, 0.25) is 11.7 Å². The van der Waals surface area contributed by atoms with E-state index in [0.717, 1.165) is 16.3 Å². The van der Waals surface area contributed by atoms with Gasteiger partial charge >= 0.3 is 6.18 Å². The first kappa shape index (κ1) is 17.6. The summed E-state index contributed by atoms with van der Waals surface area (Å²) in [5.41, 5.74) is 0.431. The zero-order chi connectivity index (χ0) is 17.2. The van der Waals surface area contributed by atoms with Crippen LogP contribution < -0.4 is 5.32 Å². The fourth-order valence-electron chi connectivity index (χ4n) is 1.67. The number of nitrogens with zero attached hydrogens (tertiary/aromatic N) is 3. The lowest BCUT2D eigenvalue weighted by Gasteiger charge is -2.12. The number of nitrogens with one attached hydrogen (secondary N) is 1. The first-order valence-corrected chi connectivity index (χ1v) is 7.64. The maximum Gasteiger partial charge on any atom is 0.451 e. The van der Waals surface area contributed by atoms with Gasteiger partial charge < -0.3 is 9.88 Å². The van der Waals surface area contributed by atoms with Gasteiger partial charge in [0.15, 0.2) is 5.16 Å². The third-order valence-electron chi connectivity index (χ3n) is 2.87. The predicted octanol–water partition coefficient (Wildman–Crippen LogP) is 3.61. The van der Waals surface area contributed by atoms with E-state index in [9.17, 15) is 18.0 Å². The largest absolute Gasteiger partial charge is 0.451 e.